The number of carboxylic acids is 1. The van der Waals surface area contributed by atoms with Gasteiger partial charge < -0.3 is 16.2 Å². The van der Waals surface area contributed by atoms with Crippen molar-refractivity contribution < 1.29 is 9.90 Å². The van der Waals surface area contributed by atoms with Crippen molar-refractivity contribution in [1.82, 2.24) is 0 Å². The first kappa shape index (κ1) is 12.0. The summed E-state index contributed by atoms with van der Waals surface area (Å²) in [6, 6.07) is 4.89. The average molecular weight is 273 g/mol. The second kappa shape index (κ2) is 5.14. The molecule has 4 nitrogen and oxygen atoms in total. The van der Waals surface area contributed by atoms with Gasteiger partial charge in [0.05, 0.1) is 0 Å². The summed E-state index contributed by atoms with van der Waals surface area (Å²) in [5.41, 5.74) is 7.14. The Kier molecular flexibility index (Phi) is 4.11. The van der Waals surface area contributed by atoms with Crippen LogP contribution in [0.15, 0.2) is 22.7 Å². The summed E-state index contributed by atoms with van der Waals surface area (Å²) in [5, 5.41) is 11.7. The van der Waals surface area contributed by atoms with Crippen LogP contribution in [0.3, 0.4) is 0 Å². The minimum absolute atomic E-state index is 0.0564. The summed E-state index contributed by atoms with van der Waals surface area (Å²) in [6.07, 6.45) is 0. The van der Waals surface area contributed by atoms with Crippen LogP contribution in [0.2, 0.25) is 0 Å². The maximum Gasteiger partial charge on any atom is 0.327 e. The van der Waals surface area contributed by atoms with Gasteiger partial charge in [0.25, 0.3) is 0 Å². The highest BCUT2D eigenvalue weighted by Crippen LogP contribution is 2.19. The second-order valence-electron chi connectivity index (χ2n) is 3.29. The van der Waals surface area contributed by atoms with Gasteiger partial charge in [-0.1, -0.05) is 15.9 Å². The number of anilines is 1. The molecule has 1 aromatic rings. The van der Waals surface area contributed by atoms with Crippen molar-refractivity contribution in [3.8, 4) is 0 Å². The predicted octanol–water partition coefficient (Wildman–Crippen LogP) is 1.58. The van der Waals surface area contributed by atoms with Gasteiger partial charge in [-0.2, -0.15) is 0 Å². The number of hydrogen-bond acceptors (Lipinski definition) is 3. The lowest BCUT2D eigenvalue weighted by atomic mass is 10.2. The lowest BCUT2D eigenvalue weighted by molar-refractivity contribution is -0.137. The number of aryl methyl sites for hydroxylation is 1. The van der Waals surface area contributed by atoms with Gasteiger partial charge in [0.1, 0.15) is 6.04 Å². The van der Waals surface area contributed by atoms with Crippen LogP contribution < -0.4 is 11.1 Å². The van der Waals surface area contributed by atoms with E-state index >= 15 is 0 Å². The van der Waals surface area contributed by atoms with Crippen molar-refractivity contribution >= 4 is 27.6 Å². The Bertz CT molecular complexity index is 348. The number of hydrogen-bond donors (Lipinski definition) is 3. The summed E-state index contributed by atoms with van der Waals surface area (Å²) < 4.78 is 0.908. The van der Waals surface area contributed by atoms with Crippen LogP contribution in [-0.2, 0) is 4.79 Å². The first-order valence-electron chi connectivity index (χ1n) is 4.49. The number of carboxylic acid groups (broad SMARTS) is 1. The SMILES string of the molecule is Cc1cc(Br)cc(NC(CN)C(=O)O)c1. The minimum atomic E-state index is -0.949. The monoisotopic (exact) mass is 272 g/mol. The first-order chi connectivity index (χ1) is 7.02. The third-order valence-electron chi connectivity index (χ3n) is 1.92. The third-order valence-corrected chi connectivity index (χ3v) is 2.37. The molecule has 1 unspecified atom stereocenters. The summed E-state index contributed by atoms with van der Waals surface area (Å²) in [5.74, 6) is -0.949. The number of halogens is 1. The molecular weight excluding hydrogens is 260 g/mol. The number of benzene rings is 1. The molecule has 1 atom stereocenters. The second-order valence-corrected chi connectivity index (χ2v) is 4.20. The Morgan fingerprint density at radius 3 is 2.73 bits per heavy atom. The molecule has 0 aromatic heterocycles. The Morgan fingerprint density at radius 2 is 2.27 bits per heavy atom. The van der Waals surface area contributed by atoms with E-state index in [0.717, 1.165) is 15.7 Å². The molecule has 5 heteroatoms. The van der Waals surface area contributed by atoms with Gasteiger partial charge in [0.15, 0.2) is 0 Å². The molecule has 0 saturated carbocycles. The van der Waals surface area contributed by atoms with Crippen molar-refractivity contribution in [2.75, 3.05) is 11.9 Å². The standard InChI is InChI=1S/C10H13BrN2O2/c1-6-2-7(11)4-8(3-6)13-9(5-12)10(14)15/h2-4,9,13H,5,12H2,1H3,(H,14,15). The van der Waals surface area contributed by atoms with E-state index in [9.17, 15) is 4.79 Å². The molecule has 0 bridgehead atoms. The molecule has 4 N–H and O–H groups in total. The number of nitrogens with one attached hydrogen (secondary N) is 1. The van der Waals surface area contributed by atoms with E-state index in [1.54, 1.807) is 0 Å². The lowest BCUT2D eigenvalue weighted by Gasteiger charge is -2.14. The van der Waals surface area contributed by atoms with E-state index < -0.39 is 12.0 Å². The zero-order valence-corrected chi connectivity index (χ0v) is 9.91. The maximum absolute atomic E-state index is 10.8. The van der Waals surface area contributed by atoms with Crippen molar-refractivity contribution in [2.45, 2.75) is 13.0 Å². The molecule has 0 spiro atoms. The number of carbonyl (C=O) groups is 1. The molecule has 15 heavy (non-hydrogen) atoms. The molecule has 0 amide bonds. The van der Waals surface area contributed by atoms with Crippen molar-refractivity contribution in [3.05, 3.63) is 28.2 Å². The zero-order chi connectivity index (χ0) is 11.4. The van der Waals surface area contributed by atoms with Crippen LogP contribution in [0.1, 0.15) is 5.56 Å². The fraction of sp³-hybridized carbons (Fsp3) is 0.300. The lowest BCUT2D eigenvalue weighted by Crippen LogP contribution is -2.36. The molecule has 1 rings (SSSR count). The smallest absolute Gasteiger partial charge is 0.327 e. The molecule has 0 aliphatic rings. The molecule has 0 fully saturated rings. The van der Waals surface area contributed by atoms with E-state index in [2.05, 4.69) is 21.2 Å². The molecular formula is C10H13BrN2O2. The number of aliphatic carboxylic acids is 1. The van der Waals surface area contributed by atoms with Gasteiger partial charge in [-0.15, -0.1) is 0 Å². The molecule has 82 valence electrons. The summed E-state index contributed by atoms with van der Waals surface area (Å²) in [7, 11) is 0. The number of nitrogens with two attached hydrogens (primary N) is 1. The van der Waals surface area contributed by atoms with Crippen LogP contribution in [0.4, 0.5) is 5.69 Å². The predicted molar refractivity (Wildman–Crippen MR) is 63.0 cm³/mol. The highest BCUT2D eigenvalue weighted by molar-refractivity contribution is 9.10. The van der Waals surface area contributed by atoms with Crippen molar-refractivity contribution in [2.24, 2.45) is 5.73 Å². The summed E-state index contributed by atoms with van der Waals surface area (Å²) >= 11 is 3.34. The molecule has 1 aromatic carbocycles. The van der Waals surface area contributed by atoms with Crippen LogP contribution in [0.25, 0.3) is 0 Å². The van der Waals surface area contributed by atoms with E-state index in [1.807, 2.05) is 25.1 Å². The minimum Gasteiger partial charge on any atom is -0.480 e. The van der Waals surface area contributed by atoms with E-state index in [4.69, 9.17) is 10.8 Å². The molecule has 0 aliphatic heterocycles. The van der Waals surface area contributed by atoms with Gasteiger partial charge in [-0.05, 0) is 30.7 Å². The van der Waals surface area contributed by atoms with E-state index in [-0.39, 0.29) is 6.54 Å². The molecule has 0 saturated heterocycles. The Labute approximate surface area is 96.6 Å². The quantitative estimate of drug-likeness (QED) is 0.778. The van der Waals surface area contributed by atoms with Gasteiger partial charge >= 0.3 is 5.97 Å². The molecule has 0 aliphatic carbocycles. The normalized spacial score (nSPS) is 12.2. The van der Waals surface area contributed by atoms with Gasteiger partial charge in [0.2, 0.25) is 0 Å². The van der Waals surface area contributed by atoms with Crippen molar-refractivity contribution in [1.29, 1.82) is 0 Å². The van der Waals surface area contributed by atoms with Crippen LogP contribution in [0, 0.1) is 6.92 Å². The van der Waals surface area contributed by atoms with Gasteiger partial charge in [0, 0.05) is 16.7 Å². The fourth-order valence-electron chi connectivity index (χ4n) is 1.24. The fourth-order valence-corrected chi connectivity index (χ4v) is 1.85. The third kappa shape index (κ3) is 3.53. The topological polar surface area (TPSA) is 75.3 Å². The van der Waals surface area contributed by atoms with Crippen LogP contribution >= 0.6 is 15.9 Å². The van der Waals surface area contributed by atoms with Gasteiger partial charge in [-0.3, -0.25) is 0 Å². The zero-order valence-electron chi connectivity index (χ0n) is 8.33. The molecule has 0 heterocycles. The first-order valence-corrected chi connectivity index (χ1v) is 5.29. The van der Waals surface area contributed by atoms with Crippen LogP contribution in [-0.4, -0.2) is 23.7 Å². The maximum atomic E-state index is 10.8. The highest BCUT2D eigenvalue weighted by Gasteiger charge is 2.14. The van der Waals surface area contributed by atoms with E-state index in [1.165, 1.54) is 0 Å². The summed E-state index contributed by atoms with van der Waals surface area (Å²) in [4.78, 5) is 10.8. The number of rotatable bonds is 4. The van der Waals surface area contributed by atoms with Gasteiger partial charge in [-0.25, -0.2) is 4.79 Å². The average Bonchev–Trinajstić information content (AvgIpc) is 2.12. The Morgan fingerprint density at radius 1 is 1.60 bits per heavy atom. The summed E-state index contributed by atoms with van der Waals surface area (Å²) in [6.45, 7) is 2.00. The highest BCUT2D eigenvalue weighted by atomic mass is 79.9. The van der Waals surface area contributed by atoms with Crippen molar-refractivity contribution in [3.63, 3.8) is 0 Å². The largest absolute Gasteiger partial charge is 0.480 e. The molecule has 0 radical (unpaired) electrons. The Balaban J connectivity index is 2.83. The van der Waals surface area contributed by atoms with E-state index in [0.29, 0.717) is 0 Å². The van der Waals surface area contributed by atoms with Crippen LogP contribution in [0.5, 0.6) is 0 Å². The Hall–Kier alpha value is -1.07.